The molecule has 0 aliphatic carbocycles. The van der Waals surface area contributed by atoms with Crippen molar-refractivity contribution in [1.82, 2.24) is 9.80 Å². The number of benzene rings is 2. The van der Waals surface area contributed by atoms with Gasteiger partial charge in [0.25, 0.3) is 0 Å². The first-order valence-corrected chi connectivity index (χ1v) is 9.34. The molecule has 1 saturated heterocycles. The first-order chi connectivity index (χ1) is 12.0. The van der Waals surface area contributed by atoms with E-state index >= 15 is 0 Å². The van der Waals surface area contributed by atoms with Crippen LogP contribution in [0, 0.1) is 0 Å². The Bertz CT molecular complexity index is 761. The van der Waals surface area contributed by atoms with E-state index in [9.17, 15) is 0 Å². The first-order valence-electron chi connectivity index (χ1n) is 8.18. The monoisotopic (exact) mass is 394 g/mol. The van der Waals surface area contributed by atoms with Crippen LogP contribution in [0.3, 0.4) is 0 Å². The van der Waals surface area contributed by atoms with Crippen LogP contribution < -0.4 is 4.74 Å². The summed E-state index contributed by atoms with van der Waals surface area (Å²) in [6.07, 6.45) is 0. The molecule has 132 valence electrons. The molecular weight excluding hydrogens is 375 g/mol. The smallest absolute Gasteiger partial charge is 0.130 e. The zero-order valence-electron chi connectivity index (χ0n) is 14.0. The van der Waals surface area contributed by atoms with Crippen molar-refractivity contribution >= 4 is 40.4 Å². The predicted molar refractivity (Wildman–Crippen MR) is 108 cm³/mol. The van der Waals surface area contributed by atoms with E-state index in [1.54, 1.807) is 6.07 Å². The average Bonchev–Trinajstić information content (AvgIpc) is 2.63. The standard InChI is InChI=1S/C19H20Cl2N2OS/c1-22-8-10-23(11-9-22)19(25)15-4-2-3-5-18(15)24-13-14-6-7-16(20)17(21)12-14/h2-7,12H,8-11,13H2,1H3. The number of piperazine rings is 1. The van der Waals surface area contributed by atoms with Crippen LogP contribution >= 0.6 is 35.4 Å². The maximum atomic E-state index is 6.07. The Morgan fingerprint density at radius 1 is 1.04 bits per heavy atom. The maximum absolute atomic E-state index is 6.07. The van der Waals surface area contributed by atoms with Crippen molar-refractivity contribution < 1.29 is 4.74 Å². The van der Waals surface area contributed by atoms with E-state index in [1.165, 1.54) is 0 Å². The van der Waals surface area contributed by atoms with E-state index in [2.05, 4.69) is 16.8 Å². The topological polar surface area (TPSA) is 15.7 Å². The highest BCUT2D eigenvalue weighted by molar-refractivity contribution is 7.80. The molecule has 0 amide bonds. The normalized spacial score (nSPS) is 15.2. The SMILES string of the molecule is CN1CCN(C(=S)c2ccccc2OCc2ccc(Cl)c(Cl)c2)CC1. The summed E-state index contributed by atoms with van der Waals surface area (Å²) in [5.74, 6) is 0.789. The average molecular weight is 395 g/mol. The molecule has 1 fully saturated rings. The molecule has 0 saturated carbocycles. The third kappa shape index (κ3) is 4.64. The second-order valence-electron chi connectivity index (χ2n) is 6.13. The Kier molecular flexibility index (Phi) is 6.18. The number of nitrogens with zero attached hydrogens (tertiary/aromatic N) is 2. The van der Waals surface area contributed by atoms with Crippen molar-refractivity contribution in [3.8, 4) is 5.75 Å². The molecule has 0 atom stereocenters. The molecule has 2 aromatic rings. The van der Waals surface area contributed by atoms with Crippen LogP contribution in [0.25, 0.3) is 0 Å². The number of ether oxygens (including phenoxy) is 1. The van der Waals surface area contributed by atoms with E-state index in [0.717, 1.165) is 48.0 Å². The molecule has 3 nitrogen and oxygen atoms in total. The number of thiocarbonyl (C=S) groups is 1. The van der Waals surface area contributed by atoms with Gasteiger partial charge in [0.2, 0.25) is 0 Å². The summed E-state index contributed by atoms with van der Waals surface area (Å²) in [7, 11) is 2.13. The number of para-hydroxylation sites is 1. The molecule has 1 heterocycles. The van der Waals surface area contributed by atoms with Crippen LogP contribution in [-0.4, -0.2) is 48.0 Å². The largest absolute Gasteiger partial charge is 0.488 e. The lowest BCUT2D eigenvalue weighted by Gasteiger charge is -2.34. The summed E-state index contributed by atoms with van der Waals surface area (Å²) in [4.78, 5) is 5.40. The van der Waals surface area contributed by atoms with Crippen LogP contribution in [0.15, 0.2) is 42.5 Å². The van der Waals surface area contributed by atoms with Gasteiger partial charge in [-0.15, -0.1) is 0 Å². The lowest BCUT2D eigenvalue weighted by molar-refractivity contribution is 0.217. The van der Waals surface area contributed by atoms with E-state index < -0.39 is 0 Å². The molecule has 0 aromatic heterocycles. The number of halogens is 2. The van der Waals surface area contributed by atoms with Gasteiger partial charge in [-0.1, -0.05) is 53.6 Å². The summed E-state index contributed by atoms with van der Waals surface area (Å²) in [6, 6.07) is 13.4. The molecule has 25 heavy (non-hydrogen) atoms. The highest BCUT2D eigenvalue weighted by Gasteiger charge is 2.19. The van der Waals surface area contributed by atoms with Crippen molar-refractivity contribution in [3.05, 3.63) is 63.6 Å². The van der Waals surface area contributed by atoms with Crippen LogP contribution in [0.5, 0.6) is 5.75 Å². The summed E-state index contributed by atoms with van der Waals surface area (Å²) in [6.45, 7) is 4.34. The van der Waals surface area contributed by atoms with Gasteiger partial charge >= 0.3 is 0 Å². The van der Waals surface area contributed by atoms with Gasteiger partial charge in [-0.25, -0.2) is 0 Å². The van der Waals surface area contributed by atoms with Gasteiger partial charge in [-0.05, 0) is 36.9 Å². The van der Waals surface area contributed by atoms with Gasteiger partial charge in [0, 0.05) is 26.2 Å². The molecule has 6 heteroatoms. The summed E-state index contributed by atoms with van der Waals surface area (Å²) in [5.41, 5.74) is 1.93. The second-order valence-corrected chi connectivity index (χ2v) is 7.33. The fourth-order valence-electron chi connectivity index (χ4n) is 2.74. The minimum absolute atomic E-state index is 0.416. The highest BCUT2D eigenvalue weighted by atomic mass is 35.5. The van der Waals surface area contributed by atoms with E-state index in [4.69, 9.17) is 40.2 Å². The molecule has 0 bridgehead atoms. The minimum Gasteiger partial charge on any atom is -0.488 e. The highest BCUT2D eigenvalue weighted by Crippen LogP contribution is 2.25. The molecule has 3 rings (SSSR count). The summed E-state index contributed by atoms with van der Waals surface area (Å²) < 4.78 is 6.02. The minimum atomic E-state index is 0.416. The van der Waals surface area contributed by atoms with Crippen molar-refractivity contribution in [2.24, 2.45) is 0 Å². The Morgan fingerprint density at radius 3 is 2.48 bits per heavy atom. The van der Waals surface area contributed by atoms with Crippen LogP contribution in [0.4, 0.5) is 0 Å². The summed E-state index contributed by atoms with van der Waals surface area (Å²) in [5, 5.41) is 1.08. The maximum Gasteiger partial charge on any atom is 0.130 e. The predicted octanol–water partition coefficient (Wildman–Crippen LogP) is 4.50. The van der Waals surface area contributed by atoms with Crippen molar-refractivity contribution in [2.45, 2.75) is 6.61 Å². The molecule has 0 unspecified atom stereocenters. The Morgan fingerprint density at radius 2 is 1.76 bits per heavy atom. The van der Waals surface area contributed by atoms with E-state index in [1.807, 2.05) is 36.4 Å². The molecule has 2 aromatic carbocycles. The van der Waals surface area contributed by atoms with Crippen LogP contribution in [0.1, 0.15) is 11.1 Å². The fourth-order valence-corrected chi connectivity index (χ4v) is 3.41. The Hall–Kier alpha value is -1.33. The first kappa shape index (κ1) is 18.5. The van der Waals surface area contributed by atoms with Gasteiger partial charge in [-0.3, -0.25) is 0 Å². The molecule has 1 aliphatic rings. The molecule has 1 aliphatic heterocycles. The Labute approximate surface area is 164 Å². The molecule has 0 radical (unpaired) electrons. The number of hydrogen-bond donors (Lipinski definition) is 0. The zero-order valence-corrected chi connectivity index (χ0v) is 16.4. The number of likely N-dealkylation sites (N-methyl/N-ethyl adjacent to an activating group) is 1. The van der Waals surface area contributed by atoms with Crippen LogP contribution in [0.2, 0.25) is 10.0 Å². The second kappa shape index (κ2) is 8.37. The van der Waals surface area contributed by atoms with Gasteiger partial charge in [-0.2, -0.15) is 0 Å². The van der Waals surface area contributed by atoms with Crippen LogP contribution in [-0.2, 0) is 6.61 Å². The van der Waals surface area contributed by atoms with Gasteiger partial charge < -0.3 is 14.5 Å². The number of rotatable bonds is 4. The van der Waals surface area contributed by atoms with E-state index in [0.29, 0.717) is 16.7 Å². The quantitative estimate of drug-likeness (QED) is 0.709. The third-order valence-electron chi connectivity index (χ3n) is 4.29. The zero-order chi connectivity index (χ0) is 17.8. The third-order valence-corrected chi connectivity index (χ3v) is 5.50. The molecular formula is C19H20Cl2N2OS. The van der Waals surface area contributed by atoms with Gasteiger partial charge in [0.05, 0.1) is 15.6 Å². The van der Waals surface area contributed by atoms with Gasteiger partial charge in [0.15, 0.2) is 0 Å². The lowest BCUT2D eigenvalue weighted by Crippen LogP contribution is -2.46. The summed E-state index contributed by atoms with van der Waals surface area (Å²) >= 11 is 17.8. The molecule has 0 N–H and O–H groups in total. The molecule has 0 spiro atoms. The lowest BCUT2D eigenvalue weighted by atomic mass is 10.1. The fraction of sp³-hybridized carbons (Fsp3) is 0.316. The van der Waals surface area contributed by atoms with Crippen molar-refractivity contribution in [1.29, 1.82) is 0 Å². The van der Waals surface area contributed by atoms with Gasteiger partial charge in [0.1, 0.15) is 17.3 Å². The Balaban J connectivity index is 1.72. The van der Waals surface area contributed by atoms with E-state index in [-0.39, 0.29) is 0 Å². The number of hydrogen-bond acceptors (Lipinski definition) is 3. The van der Waals surface area contributed by atoms with Crippen molar-refractivity contribution in [3.63, 3.8) is 0 Å². The van der Waals surface area contributed by atoms with Crippen molar-refractivity contribution in [2.75, 3.05) is 33.2 Å².